The number of methoxy groups -OCH3 is 1. The fourth-order valence-corrected chi connectivity index (χ4v) is 6.16. The smallest absolute Gasteiger partial charge is 0.266 e. The maximum atomic E-state index is 13.7. The normalized spacial score (nSPS) is 16.2. The molecule has 3 aromatic rings. The zero-order valence-electron chi connectivity index (χ0n) is 17.3. The van der Waals surface area contributed by atoms with Gasteiger partial charge >= 0.3 is 0 Å². The molecule has 1 aliphatic rings. The lowest BCUT2D eigenvalue weighted by atomic mass is 9.84. The van der Waals surface area contributed by atoms with Crippen LogP contribution < -0.4 is 9.04 Å². The average molecular weight is 444 g/mol. The van der Waals surface area contributed by atoms with Gasteiger partial charge in [-0.3, -0.25) is 0 Å². The second-order valence-electron chi connectivity index (χ2n) is 7.68. The van der Waals surface area contributed by atoms with E-state index in [9.17, 15) is 8.42 Å². The highest BCUT2D eigenvalue weighted by atomic mass is 32.2. The number of aromatic nitrogens is 2. The molecule has 0 radical (unpaired) electrons. The summed E-state index contributed by atoms with van der Waals surface area (Å²) in [5, 5.41) is 0.358. The molecule has 30 heavy (non-hydrogen) atoms. The van der Waals surface area contributed by atoms with Crippen molar-refractivity contribution in [2.45, 2.75) is 50.5 Å². The Morgan fingerprint density at radius 3 is 2.77 bits per heavy atom. The highest BCUT2D eigenvalue weighted by Gasteiger charge is 2.29. The Balaban J connectivity index is 1.74. The van der Waals surface area contributed by atoms with E-state index in [4.69, 9.17) is 4.74 Å². The van der Waals surface area contributed by atoms with Crippen molar-refractivity contribution in [3.63, 3.8) is 0 Å². The number of rotatable bonds is 6. The summed E-state index contributed by atoms with van der Waals surface area (Å²) < 4.78 is 38.0. The summed E-state index contributed by atoms with van der Waals surface area (Å²) in [6.07, 6.45) is 4.53. The predicted molar refractivity (Wildman–Crippen MR) is 119 cm³/mol. The molecule has 8 heteroatoms. The van der Waals surface area contributed by atoms with E-state index in [1.54, 1.807) is 13.2 Å². The minimum absolute atomic E-state index is 0.181. The molecular weight excluding hydrogens is 418 g/mol. The summed E-state index contributed by atoms with van der Waals surface area (Å²) in [6.45, 7) is 4.33. The molecule has 0 bridgehead atoms. The van der Waals surface area contributed by atoms with Gasteiger partial charge in [-0.1, -0.05) is 19.1 Å². The van der Waals surface area contributed by atoms with E-state index in [-0.39, 0.29) is 6.54 Å². The first-order chi connectivity index (χ1) is 14.4. The Labute approximate surface area is 181 Å². The summed E-state index contributed by atoms with van der Waals surface area (Å²) in [7, 11) is -2.18. The van der Waals surface area contributed by atoms with Crippen LogP contribution >= 0.6 is 11.5 Å². The van der Waals surface area contributed by atoms with E-state index in [0.717, 1.165) is 53.2 Å². The van der Waals surface area contributed by atoms with E-state index >= 15 is 0 Å². The van der Waals surface area contributed by atoms with E-state index in [1.165, 1.54) is 16.2 Å². The van der Waals surface area contributed by atoms with Crippen LogP contribution in [0.2, 0.25) is 0 Å². The Morgan fingerprint density at radius 2 is 2.07 bits per heavy atom. The molecule has 1 aliphatic carbocycles. The highest BCUT2D eigenvalue weighted by molar-refractivity contribution is 7.93. The number of fused-ring (bicyclic) bond motifs is 1. The molecule has 1 aromatic heterocycles. The lowest BCUT2D eigenvalue weighted by Gasteiger charge is -2.25. The topological polar surface area (TPSA) is 72.4 Å². The van der Waals surface area contributed by atoms with Gasteiger partial charge in [-0.2, -0.15) is 4.37 Å². The van der Waals surface area contributed by atoms with Gasteiger partial charge in [0.15, 0.2) is 0 Å². The number of hydrogen-bond donors (Lipinski definition) is 0. The number of aryl methyl sites for hydroxylation is 2. The van der Waals surface area contributed by atoms with Crippen molar-refractivity contribution in [3.8, 4) is 5.75 Å². The van der Waals surface area contributed by atoms with Gasteiger partial charge in [0.05, 0.1) is 18.6 Å². The molecule has 0 aliphatic heterocycles. The van der Waals surface area contributed by atoms with Crippen LogP contribution in [0.1, 0.15) is 47.9 Å². The van der Waals surface area contributed by atoms with Crippen LogP contribution in [-0.4, -0.2) is 24.9 Å². The van der Waals surface area contributed by atoms with E-state index < -0.39 is 10.0 Å². The zero-order valence-corrected chi connectivity index (χ0v) is 19.0. The summed E-state index contributed by atoms with van der Waals surface area (Å²) in [5.74, 6) is 1.21. The standard InChI is InChI=1S/C22H25N3O3S2/c1-15-5-4-6-17-12-20(9-10-21(15)17)30(26,27)25(22-23-14-24-29-22)13-18-7-8-19(28-3)11-16(18)2/h7-12,14-15H,4-6,13H2,1-3H3. The molecule has 158 valence electrons. The van der Waals surface area contributed by atoms with Crippen molar-refractivity contribution < 1.29 is 13.2 Å². The third kappa shape index (κ3) is 3.94. The number of benzene rings is 2. The third-order valence-electron chi connectivity index (χ3n) is 5.74. The molecule has 0 N–H and O–H groups in total. The van der Waals surface area contributed by atoms with E-state index in [0.29, 0.717) is 15.9 Å². The predicted octanol–water partition coefficient (Wildman–Crippen LogP) is 4.69. The Hall–Kier alpha value is -2.45. The van der Waals surface area contributed by atoms with Crippen LogP contribution in [0.25, 0.3) is 0 Å². The number of hydrogen-bond acceptors (Lipinski definition) is 6. The van der Waals surface area contributed by atoms with Crippen LogP contribution in [0.5, 0.6) is 5.75 Å². The fourth-order valence-electron chi connectivity index (χ4n) is 3.98. The van der Waals surface area contributed by atoms with Crippen LogP contribution in [0.3, 0.4) is 0 Å². The minimum atomic E-state index is -3.80. The van der Waals surface area contributed by atoms with Gasteiger partial charge in [-0.25, -0.2) is 17.7 Å². The molecule has 6 nitrogen and oxygen atoms in total. The maximum Gasteiger partial charge on any atom is 0.266 e. The molecule has 0 fully saturated rings. The third-order valence-corrected chi connectivity index (χ3v) is 8.28. The molecule has 1 atom stereocenters. The molecule has 0 saturated carbocycles. The first-order valence-electron chi connectivity index (χ1n) is 9.96. The monoisotopic (exact) mass is 443 g/mol. The minimum Gasteiger partial charge on any atom is -0.497 e. The summed E-state index contributed by atoms with van der Waals surface area (Å²) in [4.78, 5) is 4.50. The van der Waals surface area contributed by atoms with Gasteiger partial charge in [-0.15, -0.1) is 0 Å². The molecule has 0 amide bonds. The first kappa shape index (κ1) is 20.8. The number of anilines is 1. The van der Waals surface area contributed by atoms with E-state index in [1.807, 2.05) is 37.3 Å². The molecule has 1 unspecified atom stereocenters. The van der Waals surface area contributed by atoms with Gasteiger partial charge in [0, 0.05) is 11.5 Å². The largest absolute Gasteiger partial charge is 0.497 e. The molecular formula is C22H25N3O3S2. The second-order valence-corrected chi connectivity index (χ2v) is 10.3. The quantitative estimate of drug-likeness (QED) is 0.553. The second kappa shape index (κ2) is 8.35. The van der Waals surface area contributed by atoms with Gasteiger partial charge in [0.25, 0.3) is 10.0 Å². The molecule has 0 spiro atoms. The Morgan fingerprint density at radius 1 is 1.23 bits per heavy atom. The Bertz CT molecular complexity index is 1140. The van der Waals surface area contributed by atoms with Gasteiger partial charge in [0.2, 0.25) is 5.13 Å². The van der Waals surface area contributed by atoms with Crippen LogP contribution in [-0.2, 0) is 23.0 Å². The van der Waals surface area contributed by atoms with Crippen molar-refractivity contribution in [1.82, 2.24) is 9.36 Å². The maximum absolute atomic E-state index is 13.7. The first-order valence-corrected chi connectivity index (χ1v) is 12.2. The SMILES string of the molecule is COc1ccc(CN(c2ncns2)S(=O)(=O)c2ccc3c(c2)CCCC3C)c(C)c1. The fraction of sp³-hybridized carbons (Fsp3) is 0.364. The van der Waals surface area contributed by atoms with Crippen molar-refractivity contribution in [3.05, 3.63) is 65.0 Å². The van der Waals surface area contributed by atoms with Crippen molar-refractivity contribution in [2.75, 3.05) is 11.4 Å². The van der Waals surface area contributed by atoms with Crippen LogP contribution in [0.4, 0.5) is 5.13 Å². The van der Waals surface area contributed by atoms with Crippen LogP contribution in [0.15, 0.2) is 47.6 Å². The highest BCUT2D eigenvalue weighted by Crippen LogP contribution is 2.34. The molecule has 0 saturated heterocycles. The van der Waals surface area contributed by atoms with Gasteiger partial charge in [-0.05, 0) is 78.6 Å². The number of ether oxygens (including phenoxy) is 1. The van der Waals surface area contributed by atoms with Gasteiger partial charge < -0.3 is 4.74 Å². The van der Waals surface area contributed by atoms with Crippen molar-refractivity contribution in [1.29, 1.82) is 0 Å². The number of sulfonamides is 1. The average Bonchev–Trinajstić information content (AvgIpc) is 3.27. The summed E-state index contributed by atoms with van der Waals surface area (Å²) >= 11 is 1.08. The Kier molecular flexibility index (Phi) is 5.79. The van der Waals surface area contributed by atoms with Crippen LogP contribution in [0, 0.1) is 6.92 Å². The lowest BCUT2D eigenvalue weighted by Crippen LogP contribution is -2.31. The summed E-state index contributed by atoms with van der Waals surface area (Å²) in [5.41, 5.74) is 4.24. The number of nitrogens with zero attached hydrogens (tertiary/aromatic N) is 3. The van der Waals surface area contributed by atoms with Gasteiger partial charge in [0.1, 0.15) is 12.1 Å². The van der Waals surface area contributed by atoms with Crippen molar-refractivity contribution in [2.24, 2.45) is 0 Å². The summed E-state index contributed by atoms with van der Waals surface area (Å²) in [6, 6.07) is 11.2. The zero-order chi connectivity index (χ0) is 21.3. The lowest BCUT2D eigenvalue weighted by molar-refractivity contribution is 0.414. The molecule has 4 rings (SSSR count). The van der Waals surface area contributed by atoms with E-state index in [2.05, 4.69) is 16.3 Å². The van der Waals surface area contributed by atoms with Crippen molar-refractivity contribution >= 4 is 26.7 Å². The molecule has 2 aromatic carbocycles. The molecule has 1 heterocycles.